The standard InChI is InChI=1S/C14H24N4O2/c1-3-17-9-6-15-13(17)10-16-12-4-7-18(8-5-12)14(19)11-20-2/h6,9,12,16H,3-5,7-8,10-11H2,1-2H3. The van der Waals surface area contributed by atoms with Crippen LogP contribution in [0, 0.1) is 0 Å². The van der Waals surface area contributed by atoms with E-state index in [-0.39, 0.29) is 12.5 Å². The molecule has 1 aromatic heterocycles. The number of ether oxygens (including phenoxy) is 1. The van der Waals surface area contributed by atoms with E-state index < -0.39 is 0 Å². The Kier molecular flexibility index (Phi) is 5.55. The summed E-state index contributed by atoms with van der Waals surface area (Å²) in [6.45, 7) is 5.65. The number of nitrogens with one attached hydrogen (secondary N) is 1. The zero-order valence-corrected chi connectivity index (χ0v) is 12.3. The van der Waals surface area contributed by atoms with Gasteiger partial charge >= 0.3 is 0 Å². The highest BCUT2D eigenvalue weighted by atomic mass is 16.5. The number of likely N-dealkylation sites (tertiary alicyclic amines) is 1. The van der Waals surface area contributed by atoms with Crippen LogP contribution in [0.5, 0.6) is 0 Å². The van der Waals surface area contributed by atoms with Crippen molar-refractivity contribution in [2.24, 2.45) is 0 Å². The molecular weight excluding hydrogens is 256 g/mol. The third-order valence-corrected chi connectivity index (χ3v) is 3.81. The van der Waals surface area contributed by atoms with E-state index in [4.69, 9.17) is 4.74 Å². The van der Waals surface area contributed by atoms with Crippen molar-refractivity contribution >= 4 is 5.91 Å². The number of carbonyl (C=O) groups is 1. The van der Waals surface area contributed by atoms with Crippen LogP contribution in [0.4, 0.5) is 0 Å². The van der Waals surface area contributed by atoms with Crippen molar-refractivity contribution in [3.63, 3.8) is 0 Å². The van der Waals surface area contributed by atoms with Gasteiger partial charge in [-0.2, -0.15) is 0 Å². The number of hydrogen-bond acceptors (Lipinski definition) is 4. The van der Waals surface area contributed by atoms with Gasteiger partial charge in [0.2, 0.25) is 5.91 Å². The Morgan fingerprint density at radius 3 is 2.90 bits per heavy atom. The zero-order chi connectivity index (χ0) is 14.4. The molecule has 2 heterocycles. The molecule has 0 spiro atoms. The highest BCUT2D eigenvalue weighted by Crippen LogP contribution is 2.11. The fraction of sp³-hybridized carbons (Fsp3) is 0.714. The molecule has 1 saturated heterocycles. The van der Waals surface area contributed by atoms with E-state index in [1.807, 2.05) is 17.3 Å². The summed E-state index contributed by atoms with van der Waals surface area (Å²) in [5.74, 6) is 1.16. The van der Waals surface area contributed by atoms with Gasteiger partial charge in [0.15, 0.2) is 0 Å². The Balaban J connectivity index is 1.73. The summed E-state index contributed by atoms with van der Waals surface area (Å²) in [5, 5.41) is 3.54. The zero-order valence-electron chi connectivity index (χ0n) is 12.3. The molecule has 2 rings (SSSR count). The van der Waals surface area contributed by atoms with Crippen LogP contribution in [0.15, 0.2) is 12.4 Å². The van der Waals surface area contributed by atoms with Gasteiger partial charge in [0, 0.05) is 45.2 Å². The molecule has 1 fully saturated rings. The molecule has 112 valence electrons. The van der Waals surface area contributed by atoms with Crippen molar-refractivity contribution < 1.29 is 9.53 Å². The Bertz CT molecular complexity index is 425. The molecule has 0 atom stereocenters. The maximum absolute atomic E-state index is 11.7. The molecule has 1 aromatic rings. The van der Waals surface area contributed by atoms with Crippen LogP contribution in [-0.2, 0) is 22.6 Å². The first kappa shape index (κ1) is 15.0. The number of amides is 1. The van der Waals surface area contributed by atoms with Crippen molar-refractivity contribution in [1.29, 1.82) is 0 Å². The molecule has 0 bridgehead atoms. The summed E-state index contributed by atoms with van der Waals surface area (Å²) in [6.07, 6.45) is 5.82. The maximum atomic E-state index is 11.7. The second-order valence-corrected chi connectivity index (χ2v) is 5.10. The predicted molar refractivity (Wildman–Crippen MR) is 76.2 cm³/mol. The van der Waals surface area contributed by atoms with E-state index in [9.17, 15) is 4.79 Å². The average Bonchev–Trinajstić information content (AvgIpc) is 2.93. The lowest BCUT2D eigenvalue weighted by molar-refractivity contribution is -0.136. The molecule has 0 aliphatic carbocycles. The number of aromatic nitrogens is 2. The van der Waals surface area contributed by atoms with Gasteiger partial charge in [0.25, 0.3) is 0 Å². The summed E-state index contributed by atoms with van der Waals surface area (Å²) in [5.41, 5.74) is 0. The Hall–Kier alpha value is -1.40. The van der Waals surface area contributed by atoms with Gasteiger partial charge in [-0.25, -0.2) is 4.98 Å². The van der Waals surface area contributed by atoms with Crippen molar-refractivity contribution in [2.45, 2.75) is 38.9 Å². The Morgan fingerprint density at radius 1 is 1.50 bits per heavy atom. The van der Waals surface area contributed by atoms with Crippen LogP contribution < -0.4 is 5.32 Å². The summed E-state index contributed by atoms with van der Waals surface area (Å²) in [6, 6.07) is 0.462. The number of imidazole rings is 1. The van der Waals surface area contributed by atoms with Gasteiger partial charge in [0.1, 0.15) is 12.4 Å². The van der Waals surface area contributed by atoms with Crippen molar-refractivity contribution in [3.8, 4) is 0 Å². The number of hydrogen-bond donors (Lipinski definition) is 1. The minimum atomic E-state index is 0.0903. The van der Waals surface area contributed by atoms with Gasteiger partial charge in [-0.15, -0.1) is 0 Å². The van der Waals surface area contributed by atoms with E-state index in [2.05, 4.69) is 21.8 Å². The first-order valence-corrected chi connectivity index (χ1v) is 7.24. The molecule has 1 aliphatic heterocycles. The molecule has 6 nitrogen and oxygen atoms in total. The largest absolute Gasteiger partial charge is 0.375 e. The second kappa shape index (κ2) is 7.40. The van der Waals surface area contributed by atoms with E-state index in [0.29, 0.717) is 6.04 Å². The van der Waals surface area contributed by atoms with Crippen LogP contribution in [0.2, 0.25) is 0 Å². The fourth-order valence-corrected chi connectivity index (χ4v) is 2.58. The normalized spacial score (nSPS) is 16.6. The lowest BCUT2D eigenvalue weighted by Crippen LogP contribution is -2.45. The SMILES string of the molecule is CCn1ccnc1CNC1CCN(C(=O)COC)CC1. The smallest absolute Gasteiger partial charge is 0.248 e. The van der Waals surface area contributed by atoms with Crippen LogP contribution in [0.25, 0.3) is 0 Å². The van der Waals surface area contributed by atoms with Gasteiger partial charge in [-0.05, 0) is 19.8 Å². The molecular formula is C14H24N4O2. The predicted octanol–water partition coefficient (Wildman–Crippen LogP) is 0.630. The number of piperidine rings is 1. The lowest BCUT2D eigenvalue weighted by atomic mass is 10.1. The molecule has 0 saturated carbocycles. The van der Waals surface area contributed by atoms with Crippen LogP contribution in [-0.4, -0.2) is 53.2 Å². The molecule has 0 radical (unpaired) electrons. The number of rotatable bonds is 6. The van der Waals surface area contributed by atoms with Gasteiger partial charge in [-0.3, -0.25) is 4.79 Å². The van der Waals surface area contributed by atoms with Crippen LogP contribution in [0.3, 0.4) is 0 Å². The van der Waals surface area contributed by atoms with Gasteiger partial charge in [0.05, 0.1) is 6.54 Å². The third kappa shape index (κ3) is 3.80. The van der Waals surface area contributed by atoms with Crippen molar-refractivity contribution in [2.75, 3.05) is 26.8 Å². The number of nitrogens with zero attached hydrogens (tertiary/aromatic N) is 3. The van der Waals surface area contributed by atoms with E-state index >= 15 is 0 Å². The summed E-state index contributed by atoms with van der Waals surface area (Å²) >= 11 is 0. The number of methoxy groups -OCH3 is 1. The lowest BCUT2D eigenvalue weighted by Gasteiger charge is -2.32. The van der Waals surface area contributed by atoms with E-state index in [1.54, 1.807) is 7.11 Å². The molecule has 1 aliphatic rings. The number of aryl methyl sites for hydroxylation is 1. The molecule has 0 aromatic carbocycles. The summed E-state index contributed by atoms with van der Waals surface area (Å²) in [7, 11) is 1.56. The van der Waals surface area contributed by atoms with Gasteiger partial charge in [-0.1, -0.05) is 0 Å². The van der Waals surface area contributed by atoms with Crippen LogP contribution >= 0.6 is 0 Å². The Morgan fingerprint density at radius 2 is 2.25 bits per heavy atom. The topological polar surface area (TPSA) is 59.4 Å². The minimum absolute atomic E-state index is 0.0903. The molecule has 1 amide bonds. The van der Waals surface area contributed by atoms with E-state index in [1.165, 1.54) is 0 Å². The third-order valence-electron chi connectivity index (χ3n) is 3.81. The quantitative estimate of drug-likeness (QED) is 0.830. The molecule has 20 heavy (non-hydrogen) atoms. The minimum Gasteiger partial charge on any atom is -0.375 e. The van der Waals surface area contributed by atoms with Crippen molar-refractivity contribution in [1.82, 2.24) is 19.8 Å². The molecule has 1 N–H and O–H groups in total. The summed E-state index contributed by atoms with van der Waals surface area (Å²) < 4.78 is 7.03. The average molecular weight is 280 g/mol. The Labute approximate surface area is 120 Å². The highest BCUT2D eigenvalue weighted by molar-refractivity contribution is 5.77. The fourth-order valence-electron chi connectivity index (χ4n) is 2.58. The number of carbonyl (C=O) groups excluding carboxylic acids is 1. The summed E-state index contributed by atoms with van der Waals surface area (Å²) in [4.78, 5) is 17.9. The van der Waals surface area contributed by atoms with Crippen LogP contribution in [0.1, 0.15) is 25.6 Å². The molecule has 6 heteroatoms. The maximum Gasteiger partial charge on any atom is 0.248 e. The van der Waals surface area contributed by atoms with Gasteiger partial charge < -0.3 is 19.5 Å². The first-order valence-electron chi connectivity index (χ1n) is 7.24. The highest BCUT2D eigenvalue weighted by Gasteiger charge is 2.22. The molecule has 0 unspecified atom stereocenters. The van der Waals surface area contributed by atoms with E-state index in [0.717, 1.165) is 44.8 Å². The monoisotopic (exact) mass is 280 g/mol. The first-order chi connectivity index (χ1) is 9.74. The second-order valence-electron chi connectivity index (χ2n) is 5.10. The van der Waals surface area contributed by atoms with Crippen molar-refractivity contribution in [3.05, 3.63) is 18.2 Å².